The fraction of sp³-hybridized carbons (Fsp3) is 0.615. The first-order valence-electron chi connectivity index (χ1n) is 6.38. The number of hydrogen-bond acceptors (Lipinski definition) is 4. The number of nitrogens with two attached hydrogens (primary N) is 1. The van der Waals surface area contributed by atoms with Crippen molar-refractivity contribution in [1.29, 1.82) is 0 Å². The van der Waals surface area contributed by atoms with Gasteiger partial charge in [-0.3, -0.25) is 0 Å². The van der Waals surface area contributed by atoms with Gasteiger partial charge in [0.25, 0.3) is 0 Å². The number of aromatic nitrogens is 1. The summed E-state index contributed by atoms with van der Waals surface area (Å²) in [5.41, 5.74) is 6.55. The molecule has 2 rings (SSSR count). The molecule has 1 aliphatic rings. The highest BCUT2D eigenvalue weighted by molar-refractivity contribution is 5.41. The minimum Gasteiger partial charge on any atom is -0.396 e. The van der Waals surface area contributed by atoms with Gasteiger partial charge in [-0.15, -0.1) is 0 Å². The van der Waals surface area contributed by atoms with Gasteiger partial charge in [0.05, 0.1) is 5.69 Å². The van der Waals surface area contributed by atoms with E-state index in [9.17, 15) is 0 Å². The Morgan fingerprint density at radius 2 is 2.24 bits per heavy atom. The summed E-state index contributed by atoms with van der Waals surface area (Å²) in [6.07, 6.45) is 4.57. The topological polar surface area (TPSA) is 62.4 Å². The summed E-state index contributed by atoms with van der Waals surface area (Å²) in [7, 11) is 0. The minimum absolute atomic E-state index is 0.236. The van der Waals surface area contributed by atoms with Crippen LogP contribution in [-0.2, 0) is 6.54 Å². The Balaban J connectivity index is 2.11. The van der Waals surface area contributed by atoms with Crippen LogP contribution in [0.2, 0.25) is 0 Å². The van der Waals surface area contributed by atoms with E-state index in [2.05, 4.69) is 9.88 Å². The first-order valence-corrected chi connectivity index (χ1v) is 6.38. The Hall–Kier alpha value is -1.13. The summed E-state index contributed by atoms with van der Waals surface area (Å²) < 4.78 is 0. The van der Waals surface area contributed by atoms with Gasteiger partial charge in [-0.05, 0) is 37.8 Å². The summed E-state index contributed by atoms with van der Waals surface area (Å²) in [6.45, 7) is 1.59. The molecule has 1 aromatic heterocycles. The molecule has 0 unspecified atom stereocenters. The van der Waals surface area contributed by atoms with E-state index in [1.54, 1.807) is 0 Å². The van der Waals surface area contributed by atoms with Crippen LogP contribution in [0.1, 0.15) is 31.4 Å². The van der Waals surface area contributed by atoms with Crippen LogP contribution >= 0.6 is 0 Å². The van der Waals surface area contributed by atoms with Crippen molar-refractivity contribution in [3.05, 3.63) is 23.9 Å². The number of pyridine rings is 1. The van der Waals surface area contributed by atoms with Gasteiger partial charge in [-0.25, -0.2) is 4.98 Å². The highest BCUT2D eigenvalue weighted by Crippen LogP contribution is 2.28. The molecule has 4 nitrogen and oxygen atoms in total. The molecule has 0 bridgehead atoms. The van der Waals surface area contributed by atoms with Crippen LogP contribution in [0.15, 0.2) is 18.2 Å². The van der Waals surface area contributed by atoms with Gasteiger partial charge < -0.3 is 15.7 Å². The van der Waals surface area contributed by atoms with Gasteiger partial charge in [0.1, 0.15) is 5.82 Å². The molecule has 1 fully saturated rings. The molecule has 1 saturated carbocycles. The van der Waals surface area contributed by atoms with Gasteiger partial charge in [0.15, 0.2) is 0 Å². The number of aliphatic hydroxyl groups is 1. The molecule has 3 N–H and O–H groups in total. The lowest BCUT2D eigenvalue weighted by Crippen LogP contribution is -2.41. The Morgan fingerprint density at radius 1 is 1.41 bits per heavy atom. The summed E-state index contributed by atoms with van der Waals surface area (Å²) in [6, 6.07) is 6.60. The second kappa shape index (κ2) is 5.98. The van der Waals surface area contributed by atoms with Crippen LogP contribution in [0.25, 0.3) is 0 Å². The van der Waals surface area contributed by atoms with E-state index in [0.717, 1.165) is 24.5 Å². The highest BCUT2D eigenvalue weighted by Gasteiger charge is 2.25. The third-order valence-corrected chi connectivity index (χ3v) is 3.37. The lowest BCUT2D eigenvalue weighted by molar-refractivity contribution is 0.282. The number of hydrogen-bond donors (Lipinski definition) is 2. The van der Waals surface area contributed by atoms with Crippen molar-refractivity contribution in [2.75, 3.05) is 18.1 Å². The zero-order valence-corrected chi connectivity index (χ0v) is 10.2. The molecule has 0 atom stereocenters. The van der Waals surface area contributed by atoms with Crippen molar-refractivity contribution in [2.24, 2.45) is 5.73 Å². The smallest absolute Gasteiger partial charge is 0.129 e. The van der Waals surface area contributed by atoms with Crippen LogP contribution < -0.4 is 10.6 Å². The maximum absolute atomic E-state index is 8.97. The zero-order valence-electron chi connectivity index (χ0n) is 10.2. The second-order valence-corrected chi connectivity index (χ2v) is 4.55. The van der Waals surface area contributed by atoms with Gasteiger partial charge in [0.2, 0.25) is 0 Å². The van der Waals surface area contributed by atoms with Gasteiger partial charge in [-0.2, -0.15) is 0 Å². The molecule has 0 saturated heterocycles. The van der Waals surface area contributed by atoms with Crippen molar-refractivity contribution in [1.82, 2.24) is 4.98 Å². The molecular weight excluding hydrogens is 214 g/mol. The maximum Gasteiger partial charge on any atom is 0.129 e. The number of aliphatic hydroxyl groups excluding tert-OH is 1. The maximum atomic E-state index is 8.97. The van der Waals surface area contributed by atoms with Crippen molar-refractivity contribution in [3.8, 4) is 0 Å². The Morgan fingerprint density at radius 3 is 2.82 bits per heavy atom. The molecule has 4 heteroatoms. The zero-order chi connectivity index (χ0) is 12.1. The van der Waals surface area contributed by atoms with Gasteiger partial charge in [-0.1, -0.05) is 6.07 Å². The van der Waals surface area contributed by atoms with Crippen molar-refractivity contribution >= 4 is 5.82 Å². The molecule has 1 aliphatic carbocycles. The quantitative estimate of drug-likeness (QED) is 0.779. The fourth-order valence-corrected chi connectivity index (χ4v) is 2.16. The van der Waals surface area contributed by atoms with Gasteiger partial charge >= 0.3 is 0 Å². The predicted molar refractivity (Wildman–Crippen MR) is 68.8 cm³/mol. The molecule has 1 heterocycles. The number of nitrogens with zero attached hydrogens (tertiary/aromatic N) is 2. The summed E-state index contributed by atoms with van der Waals surface area (Å²) in [4.78, 5) is 6.89. The van der Waals surface area contributed by atoms with E-state index >= 15 is 0 Å². The van der Waals surface area contributed by atoms with E-state index in [0.29, 0.717) is 12.6 Å². The Labute approximate surface area is 102 Å². The van der Waals surface area contributed by atoms with Crippen LogP contribution in [0.5, 0.6) is 0 Å². The lowest BCUT2D eigenvalue weighted by Gasteiger charge is -2.38. The van der Waals surface area contributed by atoms with Crippen LogP contribution in [-0.4, -0.2) is 29.3 Å². The van der Waals surface area contributed by atoms with E-state index in [1.807, 2.05) is 18.2 Å². The van der Waals surface area contributed by atoms with E-state index in [1.165, 1.54) is 19.3 Å². The largest absolute Gasteiger partial charge is 0.396 e. The number of rotatable bonds is 6. The first kappa shape index (κ1) is 12.3. The molecule has 1 aromatic rings. The minimum atomic E-state index is 0.236. The SMILES string of the molecule is NCc1cccc(N(CCCO)C2CCC2)n1. The lowest BCUT2D eigenvalue weighted by atomic mass is 9.91. The Kier molecular flexibility index (Phi) is 4.34. The van der Waals surface area contributed by atoms with E-state index < -0.39 is 0 Å². The van der Waals surface area contributed by atoms with Crippen molar-refractivity contribution in [2.45, 2.75) is 38.3 Å². The molecule has 17 heavy (non-hydrogen) atoms. The third kappa shape index (κ3) is 2.96. The summed E-state index contributed by atoms with van der Waals surface area (Å²) in [5.74, 6) is 1.01. The first-order chi connectivity index (χ1) is 8.35. The van der Waals surface area contributed by atoms with E-state index in [-0.39, 0.29) is 6.61 Å². The normalized spacial score (nSPS) is 15.6. The summed E-state index contributed by atoms with van der Waals surface area (Å²) in [5, 5.41) is 8.97. The van der Waals surface area contributed by atoms with Crippen LogP contribution in [0, 0.1) is 0 Å². The van der Waals surface area contributed by atoms with Gasteiger partial charge in [0, 0.05) is 25.7 Å². The second-order valence-electron chi connectivity index (χ2n) is 4.55. The standard InChI is InChI=1S/C13H21N3O/c14-10-11-4-1-7-13(15-11)16(8-3-9-17)12-5-2-6-12/h1,4,7,12,17H,2-3,5-6,8-10,14H2. The molecule has 0 aliphatic heterocycles. The molecular formula is C13H21N3O. The monoisotopic (exact) mass is 235 g/mol. The number of anilines is 1. The molecule has 0 aromatic carbocycles. The predicted octanol–water partition coefficient (Wildman–Crippen LogP) is 1.28. The summed E-state index contributed by atoms with van der Waals surface area (Å²) >= 11 is 0. The molecule has 0 spiro atoms. The van der Waals surface area contributed by atoms with Crippen molar-refractivity contribution in [3.63, 3.8) is 0 Å². The average Bonchev–Trinajstić information content (AvgIpc) is 2.32. The van der Waals surface area contributed by atoms with Crippen LogP contribution in [0.4, 0.5) is 5.82 Å². The fourth-order valence-electron chi connectivity index (χ4n) is 2.16. The Bertz CT molecular complexity index is 352. The molecule has 0 radical (unpaired) electrons. The van der Waals surface area contributed by atoms with Crippen molar-refractivity contribution < 1.29 is 5.11 Å². The van der Waals surface area contributed by atoms with E-state index in [4.69, 9.17) is 10.8 Å². The third-order valence-electron chi connectivity index (χ3n) is 3.37. The highest BCUT2D eigenvalue weighted by atomic mass is 16.3. The molecule has 94 valence electrons. The molecule has 0 amide bonds. The van der Waals surface area contributed by atoms with Crippen LogP contribution in [0.3, 0.4) is 0 Å². The average molecular weight is 235 g/mol.